The van der Waals surface area contributed by atoms with E-state index in [9.17, 15) is 19.7 Å². The van der Waals surface area contributed by atoms with Crippen LogP contribution < -0.4 is 5.32 Å². The van der Waals surface area contributed by atoms with Gasteiger partial charge in [-0.25, -0.2) is 0 Å². The zero-order valence-electron chi connectivity index (χ0n) is 8.74. The Morgan fingerprint density at radius 1 is 1.39 bits per heavy atom. The summed E-state index contributed by atoms with van der Waals surface area (Å²) in [7, 11) is 0. The minimum Gasteiger partial charge on any atom is -0.374 e. The molecule has 1 aliphatic rings. The molecule has 0 aromatic rings. The van der Waals surface area contributed by atoms with Gasteiger partial charge in [0.25, 0.3) is 9.58 Å². The number of alkyl halides is 3. The second-order valence-electron chi connectivity index (χ2n) is 3.22. The van der Waals surface area contributed by atoms with Crippen molar-refractivity contribution in [2.75, 3.05) is 12.3 Å². The summed E-state index contributed by atoms with van der Waals surface area (Å²) in [5.74, 6) is -2.26. The predicted octanol–water partition coefficient (Wildman–Crippen LogP) is 1.67. The standard InChI is InChI=1S/C8H7Cl3N2O4S/c9-8(10,11)6(15)5(14)4(13(16)17)7-12-2-1-3-18-7/h12H,1-3H2/b7-4+. The van der Waals surface area contributed by atoms with Crippen LogP contribution in [0.1, 0.15) is 6.42 Å². The lowest BCUT2D eigenvalue weighted by Crippen LogP contribution is -2.34. The number of hydrogen-bond acceptors (Lipinski definition) is 6. The van der Waals surface area contributed by atoms with Crippen molar-refractivity contribution in [2.45, 2.75) is 10.2 Å². The first kappa shape index (κ1) is 15.6. The Hall–Kier alpha value is -0.500. The molecule has 18 heavy (non-hydrogen) atoms. The molecule has 0 spiro atoms. The molecule has 1 saturated heterocycles. The number of ketones is 2. The molecule has 0 bridgehead atoms. The highest BCUT2D eigenvalue weighted by atomic mass is 35.6. The van der Waals surface area contributed by atoms with Crippen LogP contribution in [0.3, 0.4) is 0 Å². The van der Waals surface area contributed by atoms with Gasteiger partial charge < -0.3 is 5.32 Å². The van der Waals surface area contributed by atoms with E-state index in [1.54, 1.807) is 0 Å². The molecule has 0 atom stereocenters. The van der Waals surface area contributed by atoms with Crippen molar-refractivity contribution in [3.05, 3.63) is 20.8 Å². The Labute approximate surface area is 121 Å². The van der Waals surface area contributed by atoms with Crippen LogP contribution >= 0.6 is 46.6 Å². The van der Waals surface area contributed by atoms with Gasteiger partial charge >= 0.3 is 11.5 Å². The molecule has 0 radical (unpaired) electrons. The second-order valence-corrected chi connectivity index (χ2v) is 6.61. The monoisotopic (exact) mass is 332 g/mol. The molecule has 1 heterocycles. The number of nitrogens with one attached hydrogen (secondary N) is 1. The van der Waals surface area contributed by atoms with Crippen LogP contribution in [0.15, 0.2) is 10.7 Å². The van der Waals surface area contributed by atoms with Crippen LogP contribution in [0, 0.1) is 10.1 Å². The topological polar surface area (TPSA) is 89.3 Å². The first-order valence-electron chi connectivity index (χ1n) is 4.66. The Balaban J connectivity index is 3.10. The SMILES string of the molecule is O=C(C(=O)C(Cl)(Cl)Cl)/C(=C1/NCCCS1)[N+](=O)[O-]. The molecule has 0 amide bonds. The summed E-state index contributed by atoms with van der Waals surface area (Å²) in [6.45, 7) is 0.481. The Kier molecular flexibility index (Phi) is 5.27. The maximum atomic E-state index is 11.7. The maximum Gasteiger partial charge on any atom is 0.349 e. The van der Waals surface area contributed by atoms with Crippen molar-refractivity contribution in [2.24, 2.45) is 0 Å². The van der Waals surface area contributed by atoms with Crippen molar-refractivity contribution in [3.63, 3.8) is 0 Å². The molecular formula is C8H7Cl3N2O4S. The van der Waals surface area contributed by atoms with E-state index in [0.717, 1.165) is 18.2 Å². The smallest absolute Gasteiger partial charge is 0.349 e. The highest BCUT2D eigenvalue weighted by Crippen LogP contribution is 2.30. The number of hydrogen-bond donors (Lipinski definition) is 1. The third kappa shape index (κ3) is 3.74. The minimum absolute atomic E-state index is 0.0267. The third-order valence-corrected chi connectivity index (χ3v) is 3.56. The van der Waals surface area contributed by atoms with Gasteiger partial charge in [-0.1, -0.05) is 34.8 Å². The number of thioether (sulfide) groups is 1. The van der Waals surface area contributed by atoms with E-state index in [2.05, 4.69) is 5.32 Å². The van der Waals surface area contributed by atoms with E-state index in [0.29, 0.717) is 12.3 Å². The van der Waals surface area contributed by atoms with E-state index in [4.69, 9.17) is 34.8 Å². The van der Waals surface area contributed by atoms with E-state index in [1.807, 2.05) is 0 Å². The van der Waals surface area contributed by atoms with Crippen LogP contribution in [0.5, 0.6) is 0 Å². The number of rotatable bonds is 3. The highest BCUT2D eigenvalue weighted by molar-refractivity contribution is 8.03. The van der Waals surface area contributed by atoms with Gasteiger partial charge in [-0.3, -0.25) is 19.7 Å². The van der Waals surface area contributed by atoms with Gasteiger partial charge in [0.15, 0.2) is 5.03 Å². The summed E-state index contributed by atoms with van der Waals surface area (Å²) < 4.78 is -2.50. The molecular weight excluding hydrogens is 327 g/mol. The number of nitrogens with zero attached hydrogens (tertiary/aromatic N) is 1. The lowest BCUT2D eigenvalue weighted by molar-refractivity contribution is -0.419. The average Bonchev–Trinajstić information content (AvgIpc) is 2.27. The number of nitro groups is 1. The molecule has 0 saturated carbocycles. The highest BCUT2D eigenvalue weighted by Gasteiger charge is 2.43. The van der Waals surface area contributed by atoms with E-state index in [-0.39, 0.29) is 5.03 Å². The molecule has 1 fully saturated rings. The minimum atomic E-state index is -2.50. The quantitative estimate of drug-likeness (QED) is 0.278. The van der Waals surface area contributed by atoms with Crippen molar-refractivity contribution >= 4 is 58.1 Å². The van der Waals surface area contributed by atoms with Crippen LogP contribution in [0.2, 0.25) is 0 Å². The van der Waals surface area contributed by atoms with Crippen molar-refractivity contribution in [1.29, 1.82) is 0 Å². The second kappa shape index (κ2) is 6.10. The van der Waals surface area contributed by atoms with Gasteiger partial charge in [0.2, 0.25) is 0 Å². The lowest BCUT2D eigenvalue weighted by Gasteiger charge is -2.16. The Morgan fingerprint density at radius 3 is 2.39 bits per heavy atom. The van der Waals surface area contributed by atoms with Gasteiger partial charge in [-0.2, -0.15) is 0 Å². The van der Waals surface area contributed by atoms with Crippen LogP contribution in [0.4, 0.5) is 0 Å². The fraction of sp³-hybridized carbons (Fsp3) is 0.500. The van der Waals surface area contributed by atoms with E-state index < -0.39 is 26.0 Å². The molecule has 0 aromatic heterocycles. The van der Waals surface area contributed by atoms with Gasteiger partial charge in [0.05, 0.1) is 4.92 Å². The molecule has 100 valence electrons. The third-order valence-electron chi connectivity index (χ3n) is 1.93. The Bertz CT molecular complexity index is 425. The number of halogens is 3. The van der Waals surface area contributed by atoms with Gasteiger partial charge in [-0.05, 0) is 6.42 Å². The van der Waals surface area contributed by atoms with Gasteiger partial charge in [-0.15, -0.1) is 11.8 Å². The number of Topliss-reactive ketones (excluding diaryl/α,β-unsaturated/α-hetero) is 2. The number of carbonyl (C=O) groups is 2. The fourth-order valence-electron chi connectivity index (χ4n) is 1.16. The van der Waals surface area contributed by atoms with Crippen LogP contribution in [-0.2, 0) is 9.59 Å². The summed E-state index contributed by atoms with van der Waals surface area (Å²) in [4.78, 5) is 33.0. The molecule has 6 nitrogen and oxygen atoms in total. The van der Waals surface area contributed by atoms with Crippen LogP contribution in [-0.4, -0.2) is 32.6 Å². The first-order valence-corrected chi connectivity index (χ1v) is 6.78. The summed E-state index contributed by atoms with van der Waals surface area (Å²) in [6.07, 6.45) is 0.797. The Morgan fingerprint density at radius 2 is 2.00 bits per heavy atom. The van der Waals surface area contributed by atoms with Gasteiger partial charge in [0, 0.05) is 12.3 Å². The summed E-state index contributed by atoms with van der Waals surface area (Å²) in [5.41, 5.74) is -0.879. The van der Waals surface area contributed by atoms with Gasteiger partial charge in [0.1, 0.15) is 0 Å². The zero-order chi connectivity index (χ0) is 13.9. The lowest BCUT2D eigenvalue weighted by atomic mass is 10.2. The van der Waals surface area contributed by atoms with E-state index in [1.165, 1.54) is 0 Å². The molecule has 0 unspecified atom stereocenters. The largest absolute Gasteiger partial charge is 0.374 e. The number of carbonyl (C=O) groups excluding carboxylic acids is 2. The molecule has 10 heteroatoms. The zero-order valence-corrected chi connectivity index (χ0v) is 11.8. The predicted molar refractivity (Wildman–Crippen MR) is 69.4 cm³/mol. The first-order chi connectivity index (χ1) is 8.25. The normalized spacial score (nSPS) is 18.8. The molecule has 1 aliphatic heterocycles. The fourth-order valence-corrected chi connectivity index (χ4v) is 2.41. The summed E-state index contributed by atoms with van der Waals surface area (Å²) >= 11 is 16.8. The molecule has 1 N–H and O–H groups in total. The number of allylic oxidation sites excluding steroid dienone is 1. The summed E-state index contributed by atoms with van der Waals surface area (Å²) in [6, 6.07) is 0. The molecule has 0 aromatic carbocycles. The molecule has 0 aliphatic carbocycles. The van der Waals surface area contributed by atoms with Crippen molar-refractivity contribution < 1.29 is 14.5 Å². The molecule has 1 rings (SSSR count). The summed E-state index contributed by atoms with van der Waals surface area (Å²) in [5, 5.41) is 13.6. The van der Waals surface area contributed by atoms with E-state index >= 15 is 0 Å². The maximum absolute atomic E-state index is 11.7. The van der Waals surface area contributed by atoms with Crippen LogP contribution in [0.25, 0.3) is 0 Å². The average molecular weight is 334 g/mol. The van der Waals surface area contributed by atoms with Crippen molar-refractivity contribution in [1.82, 2.24) is 5.32 Å². The van der Waals surface area contributed by atoms with Crippen molar-refractivity contribution in [3.8, 4) is 0 Å².